The Morgan fingerprint density at radius 3 is 2.53 bits per heavy atom. The van der Waals surface area contributed by atoms with Gasteiger partial charge in [-0.15, -0.1) is 0 Å². The minimum absolute atomic E-state index is 0.102. The lowest BCUT2D eigenvalue weighted by Crippen LogP contribution is -2.54. The Morgan fingerprint density at radius 1 is 1.06 bits per heavy atom. The Balaban J connectivity index is 1.31. The van der Waals surface area contributed by atoms with Crippen molar-refractivity contribution in [2.45, 2.75) is 38.1 Å². The van der Waals surface area contributed by atoms with E-state index >= 15 is 0 Å². The molecule has 0 aliphatic carbocycles. The first-order valence-corrected chi connectivity index (χ1v) is 11.3. The molecule has 4 rings (SSSR count). The zero-order valence-corrected chi connectivity index (χ0v) is 18.4. The normalized spacial score (nSPS) is 22.3. The van der Waals surface area contributed by atoms with Crippen LogP contribution in [0.2, 0.25) is 0 Å². The molecule has 3 aliphatic rings. The minimum Gasteiger partial charge on any atom is -0.492 e. The van der Waals surface area contributed by atoms with E-state index in [4.69, 9.17) is 4.74 Å². The maximum absolute atomic E-state index is 12.9. The number of imide groups is 2. The van der Waals surface area contributed by atoms with Crippen LogP contribution in [0, 0.1) is 5.92 Å². The van der Waals surface area contributed by atoms with E-state index < -0.39 is 23.8 Å². The molecule has 4 amide bonds. The molecule has 1 unspecified atom stereocenters. The van der Waals surface area contributed by atoms with Gasteiger partial charge in [-0.05, 0) is 76.5 Å². The smallest absolute Gasteiger partial charge is 0.262 e. The molecule has 3 aliphatic heterocycles. The summed E-state index contributed by atoms with van der Waals surface area (Å²) in [6, 6.07) is 3.87. The van der Waals surface area contributed by atoms with E-state index in [2.05, 4.69) is 15.5 Å². The zero-order valence-electron chi connectivity index (χ0n) is 18.4. The highest BCUT2D eigenvalue weighted by Gasteiger charge is 2.44. The van der Waals surface area contributed by atoms with Gasteiger partial charge in [-0.25, -0.2) is 0 Å². The standard InChI is InChI=1S/C23H30N4O5/c1-24-9-6-15-7-10-26(11-8-15)12-13-32-16-2-3-17-18(14-16)23(31)27(22(17)30)19-4-5-20(28)25-21(19)29/h2-3,14-15,19,24H,4-13H2,1H3,(H,25,28,29). The third-order valence-electron chi connectivity index (χ3n) is 6.60. The second-order valence-electron chi connectivity index (χ2n) is 8.68. The van der Waals surface area contributed by atoms with E-state index in [1.165, 1.54) is 19.3 Å². The van der Waals surface area contributed by atoms with Crippen LogP contribution in [0.4, 0.5) is 0 Å². The van der Waals surface area contributed by atoms with E-state index in [1.54, 1.807) is 18.2 Å². The summed E-state index contributed by atoms with van der Waals surface area (Å²) >= 11 is 0. The molecule has 1 aromatic carbocycles. The van der Waals surface area contributed by atoms with Gasteiger partial charge in [-0.2, -0.15) is 0 Å². The van der Waals surface area contributed by atoms with Crippen molar-refractivity contribution in [3.8, 4) is 5.75 Å². The van der Waals surface area contributed by atoms with Gasteiger partial charge >= 0.3 is 0 Å². The molecule has 2 fully saturated rings. The molecule has 9 nitrogen and oxygen atoms in total. The van der Waals surface area contributed by atoms with Gasteiger partial charge in [0, 0.05) is 13.0 Å². The number of amides is 4. The number of nitrogens with one attached hydrogen (secondary N) is 2. The highest BCUT2D eigenvalue weighted by atomic mass is 16.5. The summed E-state index contributed by atoms with van der Waals surface area (Å²) in [6.45, 7) is 4.50. The lowest BCUT2D eigenvalue weighted by atomic mass is 9.93. The topological polar surface area (TPSA) is 108 Å². The largest absolute Gasteiger partial charge is 0.492 e. The third kappa shape index (κ3) is 4.68. The summed E-state index contributed by atoms with van der Waals surface area (Å²) in [5.41, 5.74) is 0.498. The van der Waals surface area contributed by atoms with Crippen LogP contribution < -0.4 is 15.4 Å². The molecule has 32 heavy (non-hydrogen) atoms. The van der Waals surface area contributed by atoms with Crippen LogP contribution in [-0.4, -0.2) is 79.3 Å². The lowest BCUT2D eigenvalue weighted by molar-refractivity contribution is -0.136. The number of carbonyl (C=O) groups excluding carboxylic acids is 4. The summed E-state index contributed by atoms with van der Waals surface area (Å²) in [5.74, 6) is -0.713. The molecular formula is C23H30N4O5. The Morgan fingerprint density at radius 2 is 1.81 bits per heavy atom. The van der Waals surface area contributed by atoms with Crippen LogP contribution in [0.15, 0.2) is 18.2 Å². The molecule has 0 radical (unpaired) electrons. The Bertz CT molecular complexity index is 910. The first kappa shape index (κ1) is 22.4. The molecule has 0 spiro atoms. The van der Waals surface area contributed by atoms with Gasteiger partial charge < -0.3 is 10.1 Å². The van der Waals surface area contributed by atoms with Gasteiger partial charge in [0.25, 0.3) is 11.8 Å². The molecule has 2 N–H and O–H groups in total. The summed E-state index contributed by atoms with van der Waals surface area (Å²) < 4.78 is 5.87. The summed E-state index contributed by atoms with van der Waals surface area (Å²) in [6.07, 6.45) is 3.87. The summed E-state index contributed by atoms with van der Waals surface area (Å²) in [5, 5.41) is 5.41. The monoisotopic (exact) mass is 442 g/mol. The fraction of sp³-hybridized carbons (Fsp3) is 0.565. The predicted octanol–water partition coefficient (Wildman–Crippen LogP) is 0.788. The molecule has 0 saturated carbocycles. The van der Waals surface area contributed by atoms with Gasteiger partial charge in [-0.3, -0.25) is 34.3 Å². The number of piperidine rings is 2. The maximum atomic E-state index is 12.9. The predicted molar refractivity (Wildman–Crippen MR) is 116 cm³/mol. The van der Waals surface area contributed by atoms with E-state index in [0.29, 0.717) is 12.4 Å². The van der Waals surface area contributed by atoms with Crippen LogP contribution in [-0.2, 0) is 9.59 Å². The van der Waals surface area contributed by atoms with Crippen molar-refractivity contribution in [1.82, 2.24) is 20.4 Å². The van der Waals surface area contributed by atoms with Gasteiger partial charge in [0.15, 0.2) is 0 Å². The molecule has 9 heteroatoms. The van der Waals surface area contributed by atoms with Crippen molar-refractivity contribution >= 4 is 23.6 Å². The first-order chi connectivity index (χ1) is 15.5. The quantitative estimate of drug-likeness (QED) is 0.573. The van der Waals surface area contributed by atoms with E-state index in [0.717, 1.165) is 37.0 Å². The number of fused-ring (bicyclic) bond motifs is 1. The number of likely N-dealkylation sites (tertiary alicyclic amines) is 1. The lowest BCUT2D eigenvalue weighted by Gasteiger charge is -2.31. The fourth-order valence-electron chi connectivity index (χ4n) is 4.68. The van der Waals surface area contributed by atoms with Crippen molar-refractivity contribution in [3.05, 3.63) is 29.3 Å². The van der Waals surface area contributed by atoms with Gasteiger partial charge in [-0.1, -0.05) is 0 Å². The molecule has 3 heterocycles. The van der Waals surface area contributed by atoms with Crippen LogP contribution in [0.3, 0.4) is 0 Å². The molecule has 172 valence electrons. The Labute approximate surface area is 187 Å². The highest BCUT2D eigenvalue weighted by Crippen LogP contribution is 2.30. The van der Waals surface area contributed by atoms with Crippen LogP contribution in [0.5, 0.6) is 5.75 Å². The SMILES string of the molecule is CNCCC1CCN(CCOc2ccc3c(c2)C(=O)N(C2CCC(=O)NC2=O)C3=O)CC1. The molecule has 2 saturated heterocycles. The zero-order chi connectivity index (χ0) is 22.7. The third-order valence-corrected chi connectivity index (χ3v) is 6.60. The van der Waals surface area contributed by atoms with Gasteiger partial charge in [0.05, 0.1) is 11.1 Å². The number of benzene rings is 1. The summed E-state index contributed by atoms with van der Waals surface area (Å²) in [7, 11) is 1.99. The molecule has 1 atom stereocenters. The first-order valence-electron chi connectivity index (χ1n) is 11.3. The van der Waals surface area contributed by atoms with Crippen molar-refractivity contribution < 1.29 is 23.9 Å². The van der Waals surface area contributed by atoms with Crippen molar-refractivity contribution in [2.75, 3.05) is 39.8 Å². The maximum Gasteiger partial charge on any atom is 0.262 e. The van der Waals surface area contributed by atoms with Crippen molar-refractivity contribution in [3.63, 3.8) is 0 Å². The van der Waals surface area contributed by atoms with E-state index in [-0.39, 0.29) is 29.9 Å². The average molecular weight is 443 g/mol. The summed E-state index contributed by atoms with van der Waals surface area (Å²) in [4.78, 5) is 52.5. The second-order valence-corrected chi connectivity index (χ2v) is 8.68. The van der Waals surface area contributed by atoms with E-state index in [1.807, 2.05) is 7.05 Å². The van der Waals surface area contributed by atoms with Crippen LogP contribution in [0.1, 0.15) is 52.8 Å². The average Bonchev–Trinajstić information content (AvgIpc) is 3.03. The second kappa shape index (κ2) is 9.79. The van der Waals surface area contributed by atoms with Crippen molar-refractivity contribution in [1.29, 1.82) is 0 Å². The van der Waals surface area contributed by atoms with Crippen molar-refractivity contribution in [2.24, 2.45) is 5.92 Å². The number of ether oxygens (including phenoxy) is 1. The molecule has 0 bridgehead atoms. The van der Waals surface area contributed by atoms with Crippen LogP contribution >= 0.6 is 0 Å². The number of hydrogen-bond acceptors (Lipinski definition) is 7. The molecular weight excluding hydrogens is 412 g/mol. The number of nitrogens with zero attached hydrogens (tertiary/aromatic N) is 2. The number of hydrogen-bond donors (Lipinski definition) is 2. The Hall–Kier alpha value is -2.78. The molecule has 1 aromatic rings. The number of rotatable bonds is 8. The number of carbonyl (C=O) groups is 4. The van der Waals surface area contributed by atoms with E-state index in [9.17, 15) is 19.2 Å². The highest BCUT2D eigenvalue weighted by molar-refractivity contribution is 6.23. The molecule has 0 aromatic heterocycles. The van der Waals surface area contributed by atoms with Gasteiger partial charge in [0.2, 0.25) is 11.8 Å². The van der Waals surface area contributed by atoms with Gasteiger partial charge in [0.1, 0.15) is 18.4 Å². The van der Waals surface area contributed by atoms with Crippen LogP contribution in [0.25, 0.3) is 0 Å². The minimum atomic E-state index is -0.958. The fourth-order valence-corrected chi connectivity index (χ4v) is 4.68. The Kier molecular flexibility index (Phi) is 6.86.